The lowest BCUT2D eigenvalue weighted by Crippen LogP contribution is -2.29. The molecule has 0 radical (unpaired) electrons. The average molecular weight is 402 g/mol. The first-order valence-corrected chi connectivity index (χ1v) is 9.41. The van der Waals surface area contributed by atoms with Crippen LogP contribution < -0.4 is 10.6 Å². The SMILES string of the molecule is Cc1ccc(C(=O)Nc2cccc(C(=O)OCCl)c2)c(C(=O)NCC2CC2)n1. The number of hydrogen-bond donors (Lipinski definition) is 2. The Morgan fingerprint density at radius 2 is 1.96 bits per heavy atom. The summed E-state index contributed by atoms with van der Waals surface area (Å²) in [6.07, 6.45) is 2.22. The Morgan fingerprint density at radius 3 is 2.68 bits per heavy atom. The molecule has 0 saturated heterocycles. The fraction of sp³-hybridized carbons (Fsp3) is 0.300. The van der Waals surface area contributed by atoms with Gasteiger partial charge in [-0.1, -0.05) is 17.7 Å². The predicted molar refractivity (Wildman–Crippen MR) is 105 cm³/mol. The minimum absolute atomic E-state index is 0.0795. The van der Waals surface area contributed by atoms with Crippen molar-refractivity contribution in [3.63, 3.8) is 0 Å². The zero-order chi connectivity index (χ0) is 20.1. The van der Waals surface area contributed by atoms with Crippen molar-refractivity contribution < 1.29 is 19.1 Å². The molecular formula is C20H20ClN3O4. The Kier molecular flexibility index (Phi) is 6.26. The molecule has 1 aliphatic carbocycles. The number of rotatable bonds is 7. The molecule has 28 heavy (non-hydrogen) atoms. The Balaban J connectivity index is 1.77. The molecule has 1 fully saturated rings. The third-order valence-corrected chi connectivity index (χ3v) is 4.39. The van der Waals surface area contributed by atoms with Crippen LogP contribution in [0.25, 0.3) is 0 Å². The minimum atomic E-state index is -0.594. The molecule has 8 heteroatoms. The summed E-state index contributed by atoms with van der Waals surface area (Å²) in [5.74, 6) is -0.947. The second kappa shape index (κ2) is 8.84. The van der Waals surface area contributed by atoms with Gasteiger partial charge in [0.15, 0.2) is 6.07 Å². The molecule has 1 heterocycles. The van der Waals surface area contributed by atoms with Crippen LogP contribution >= 0.6 is 11.6 Å². The van der Waals surface area contributed by atoms with Gasteiger partial charge in [0, 0.05) is 17.9 Å². The summed E-state index contributed by atoms with van der Waals surface area (Å²) < 4.78 is 4.74. The number of halogens is 1. The number of ether oxygens (including phenoxy) is 1. The molecule has 2 amide bonds. The van der Waals surface area contributed by atoms with E-state index >= 15 is 0 Å². The Morgan fingerprint density at radius 1 is 1.18 bits per heavy atom. The third-order valence-electron chi connectivity index (χ3n) is 4.28. The molecular weight excluding hydrogens is 382 g/mol. The van der Waals surface area contributed by atoms with Gasteiger partial charge in [-0.25, -0.2) is 9.78 Å². The number of carbonyl (C=O) groups is 3. The fourth-order valence-electron chi connectivity index (χ4n) is 2.61. The van der Waals surface area contributed by atoms with Gasteiger partial charge < -0.3 is 15.4 Å². The Bertz CT molecular complexity index is 912. The monoisotopic (exact) mass is 401 g/mol. The molecule has 2 N–H and O–H groups in total. The summed E-state index contributed by atoms with van der Waals surface area (Å²) in [5.41, 5.74) is 1.52. The number of amides is 2. The van der Waals surface area contributed by atoms with E-state index in [9.17, 15) is 14.4 Å². The van der Waals surface area contributed by atoms with E-state index in [2.05, 4.69) is 15.6 Å². The van der Waals surface area contributed by atoms with Gasteiger partial charge in [-0.2, -0.15) is 0 Å². The average Bonchev–Trinajstić information content (AvgIpc) is 3.51. The van der Waals surface area contributed by atoms with Crippen molar-refractivity contribution in [1.29, 1.82) is 0 Å². The summed E-state index contributed by atoms with van der Waals surface area (Å²) in [6.45, 7) is 2.34. The lowest BCUT2D eigenvalue weighted by atomic mass is 10.1. The van der Waals surface area contributed by atoms with E-state index < -0.39 is 11.9 Å². The molecule has 1 saturated carbocycles. The highest BCUT2D eigenvalue weighted by molar-refractivity contribution is 6.17. The van der Waals surface area contributed by atoms with E-state index in [1.54, 1.807) is 37.3 Å². The maximum Gasteiger partial charge on any atom is 0.339 e. The molecule has 2 aromatic rings. The molecule has 1 aliphatic rings. The number of nitrogens with zero attached hydrogens (tertiary/aromatic N) is 1. The number of benzene rings is 1. The highest BCUT2D eigenvalue weighted by Gasteiger charge is 2.24. The highest BCUT2D eigenvalue weighted by atomic mass is 35.5. The van der Waals surface area contributed by atoms with Gasteiger partial charge in [0.2, 0.25) is 0 Å². The van der Waals surface area contributed by atoms with E-state index in [0.29, 0.717) is 23.8 Å². The fourth-order valence-corrected chi connectivity index (χ4v) is 2.71. The summed E-state index contributed by atoms with van der Waals surface area (Å²) in [5, 5.41) is 5.52. The number of nitrogens with one attached hydrogen (secondary N) is 2. The number of aryl methyl sites for hydroxylation is 1. The van der Waals surface area contributed by atoms with Crippen LogP contribution in [0.2, 0.25) is 0 Å². The lowest BCUT2D eigenvalue weighted by Gasteiger charge is -2.11. The molecule has 0 bridgehead atoms. The van der Waals surface area contributed by atoms with E-state index in [1.165, 1.54) is 6.07 Å². The molecule has 0 unspecified atom stereocenters. The van der Waals surface area contributed by atoms with Gasteiger partial charge in [-0.15, -0.1) is 0 Å². The number of pyridine rings is 1. The van der Waals surface area contributed by atoms with E-state index in [1.807, 2.05) is 0 Å². The Hall–Kier alpha value is -2.93. The van der Waals surface area contributed by atoms with Crippen LogP contribution in [-0.2, 0) is 4.74 Å². The third kappa shape index (κ3) is 5.07. The van der Waals surface area contributed by atoms with Crippen molar-refractivity contribution in [2.24, 2.45) is 5.92 Å². The van der Waals surface area contributed by atoms with Gasteiger partial charge in [-0.3, -0.25) is 9.59 Å². The van der Waals surface area contributed by atoms with Gasteiger partial charge >= 0.3 is 5.97 Å². The van der Waals surface area contributed by atoms with Crippen molar-refractivity contribution in [3.8, 4) is 0 Å². The van der Waals surface area contributed by atoms with E-state index in [0.717, 1.165) is 12.8 Å². The second-order valence-electron chi connectivity index (χ2n) is 6.58. The van der Waals surface area contributed by atoms with Crippen molar-refractivity contribution in [1.82, 2.24) is 10.3 Å². The zero-order valence-electron chi connectivity index (χ0n) is 15.3. The van der Waals surface area contributed by atoms with Gasteiger partial charge in [0.25, 0.3) is 11.8 Å². The van der Waals surface area contributed by atoms with Gasteiger partial charge in [0.05, 0.1) is 11.1 Å². The number of hydrogen-bond acceptors (Lipinski definition) is 5. The van der Waals surface area contributed by atoms with Crippen LogP contribution in [0.5, 0.6) is 0 Å². The first kappa shape index (κ1) is 19.8. The molecule has 146 valence electrons. The minimum Gasteiger partial charge on any atom is -0.446 e. The Labute approximate surface area is 167 Å². The van der Waals surface area contributed by atoms with Crippen molar-refractivity contribution in [3.05, 3.63) is 58.9 Å². The number of anilines is 1. The first-order valence-electron chi connectivity index (χ1n) is 8.88. The first-order chi connectivity index (χ1) is 13.5. The number of esters is 1. The molecule has 3 rings (SSSR count). The number of carbonyl (C=O) groups excluding carboxylic acids is 3. The summed E-state index contributed by atoms with van der Waals surface area (Å²) in [7, 11) is 0. The maximum atomic E-state index is 12.7. The normalized spacial score (nSPS) is 12.9. The predicted octanol–water partition coefficient (Wildman–Crippen LogP) is 3.14. The standard InChI is InChI=1S/C20H20ClN3O4/c1-12-5-8-16(17(23-12)19(26)22-10-13-6-7-13)18(25)24-15-4-2-3-14(9-15)20(27)28-11-21/h2-5,8-9,13H,6-7,10-11H2,1H3,(H,22,26)(H,24,25). The van der Waals surface area contributed by atoms with Crippen LogP contribution in [0.15, 0.2) is 36.4 Å². The quantitative estimate of drug-likeness (QED) is 0.548. The van der Waals surface area contributed by atoms with E-state index in [-0.39, 0.29) is 28.8 Å². The maximum absolute atomic E-state index is 12.7. The zero-order valence-corrected chi connectivity index (χ0v) is 16.1. The molecule has 1 aromatic heterocycles. The van der Waals surface area contributed by atoms with Crippen LogP contribution in [0.4, 0.5) is 5.69 Å². The van der Waals surface area contributed by atoms with Crippen molar-refractivity contribution in [2.75, 3.05) is 17.9 Å². The number of aromatic nitrogens is 1. The molecule has 7 nitrogen and oxygen atoms in total. The van der Waals surface area contributed by atoms with Crippen LogP contribution in [-0.4, -0.2) is 35.4 Å². The largest absolute Gasteiger partial charge is 0.446 e. The smallest absolute Gasteiger partial charge is 0.339 e. The summed E-state index contributed by atoms with van der Waals surface area (Å²) >= 11 is 5.40. The lowest BCUT2D eigenvalue weighted by molar-refractivity contribution is 0.0574. The van der Waals surface area contributed by atoms with Crippen LogP contribution in [0.1, 0.15) is 49.7 Å². The van der Waals surface area contributed by atoms with Crippen LogP contribution in [0, 0.1) is 12.8 Å². The van der Waals surface area contributed by atoms with Crippen LogP contribution in [0.3, 0.4) is 0 Å². The number of alkyl halides is 1. The topological polar surface area (TPSA) is 97.4 Å². The van der Waals surface area contributed by atoms with Gasteiger partial charge in [-0.05, 0) is 56.0 Å². The second-order valence-corrected chi connectivity index (χ2v) is 6.80. The summed E-state index contributed by atoms with van der Waals surface area (Å²) in [4.78, 5) is 41.3. The summed E-state index contributed by atoms with van der Waals surface area (Å²) in [6, 6.07) is 9.23. The van der Waals surface area contributed by atoms with Crippen molar-refractivity contribution in [2.45, 2.75) is 19.8 Å². The van der Waals surface area contributed by atoms with Gasteiger partial charge in [0.1, 0.15) is 5.69 Å². The van der Waals surface area contributed by atoms with E-state index in [4.69, 9.17) is 16.3 Å². The van der Waals surface area contributed by atoms with Crippen molar-refractivity contribution >= 4 is 35.1 Å². The molecule has 0 atom stereocenters. The molecule has 0 aliphatic heterocycles. The molecule has 1 aromatic carbocycles. The highest BCUT2D eigenvalue weighted by Crippen LogP contribution is 2.27. The molecule has 0 spiro atoms.